The Balaban J connectivity index is 4.54. The van der Waals surface area contributed by atoms with E-state index in [0.29, 0.717) is 0 Å². The third-order valence-electron chi connectivity index (χ3n) is 1.73. The maximum Gasteiger partial charge on any atom is 0.340 e. The smallest absolute Gasteiger partial charge is 0.340 e. The molecule has 0 heterocycles. The summed E-state index contributed by atoms with van der Waals surface area (Å²) >= 11 is 0. The molecule has 1 atom stereocenters. The molecule has 0 aliphatic rings. The van der Waals surface area contributed by atoms with Crippen molar-refractivity contribution in [2.45, 2.75) is 32.7 Å². The van der Waals surface area contributed by atoms with Crippen molar-refractivity contribution in [3.8, 4) is 0 Å². The van der Waals surface area contributed by atoms with Crippen molar-refractivity contribution in [2.75, 3.05) is 0 Å². The first-order chi connectivity index (χ1) is 6.24. The van der Waals surface area contributed by atoms with E-state index < -0.39 is 25.9 Å². The van der Waals surface area contributed by atoms with Crippen LogP contribution in [-0.4, -0.2) is 25.9 Å². The Kier molecular flexibility index (Phi) is 5.24. The third kappa shape index (κ3) is 5.06. The van der Waals surface area contributed by atoms with E-state index in [4.69, 9.17) is 8.23 Å². The van der Waals surface area contributed by atoms with Crippen molar-refractivity contribution >= 4 is 25.9 Å². The first-order valence-corrected chi connectivity index (χ1v) is 12.5. The summed E-state index contributed by atoms with van der Waals surface area (Å²) in [5, 5.41) is 0. The lowest BCUT2D eigenvalue weighted by Gasteiger charge is -2.33. The van der Waals surface area contributed by atoms with E-state index in [1.54, 1.807) is 0 Å². The second-order valence-electron chi connectivity index (χ2n) is 4.14. The quantitative estimate of drug-likeness (QED) is 0.670. The number of hydrogen-bond acceptors (Lipinski definition) is 2. The maximum atomic E-state index is 6.08. The average Bonchev–Trinajstić information content (AvgIpc) is 2.02. The van der Waals surface area contributed by atoms with Gasteiger partial charge in [-0.1, -0.05) is 11.4 Å². The molecule has 0 aromatic rings. The number of rotatable bonds is 6. The molecule has 1 unspecified atom stereocenters. The molecule has 14 heavy (non-hydrogen) atoms. The number of hydrogen-bond donors (Lipinski definition) is 0. The van der Waals surface area contributed by atoms with Gasteiger partial charge in [0.2, 0.25) is 0 Å². The van der Waals surface area contributed by atoms with Crippen LogP contribution in [-0.2, 0) is 8.23 Å². The zero-order valence-corrected chi connectivity index (χ0v) is 12.9. The van der Waals surface area contributed by atoms with Gasteiger partial charge in [0.25, 0.3) is 0 Å². The van der Waals surface area contributed by atoms with Crippen LogP contribution in [0.2, 0.25) is 32.7 Å². The fourth-order valence-electron chi connectivity index (χ4n) is 1.07. The minimum Gasteiger partial charge on any atom is -0.433 e. The molecule has 0 rings (SSSR count). The average molecular weight is 246 g/mol. The topological polar surface area (TPSA) is 18.5 Å². The van der Waals surface area contributed by atoms with Crippen LogP contribution in [0.4, 0.5) is 0 Å². The molecule has 0 aromatic carbocycles. The van der Waals surface area contributed by atoms with E-state index in [1.807, 2.05) is 11.4 Å². The second-order valence-corrected chi connectivity index (χ2v) is 13.6. The van der Waals surface area contributed by atoms with E-state index >= 15 is 0 Å². The highest BCUT2D eigenvalue weighted by Gasteiger charge is 2.35. The molecule has 0 saturated heterocycles. The predicted octanol–water partition coefficient (Wildman–Crippen LogP) is 3.00. The molecule has 81 valence electrons. The van der Waals surface area contributed by atoms with E-state index in [2.05, 4.69) is 45.9 Å². The second kappa shape index (κ2) is 5.22. The Bertz CT molecular complexity index is 216. The van der Waals surface area contributed by atoms with Gasteiger partial charge in [0.1, 0.15) is 0 Å². The van der Waals surface area contributed by atoms with Gasteiger partial charge >= 0.3 is 8.56 Å². The molecule has 0 aliphatic heterocycles. The highest BCUT2D eigenvalue weighted by Crippen LogP contribution is 2.18. The van der Waals surface area contributed by atoms with Crippen LogP contribution in [0.5, 0.6) is 0 Å². The Labute approximate surface area is 91.7 Å². The molecule has 0 aromatic heterocycles. The molecule has 5 heteroatoms. The molecule has 0 aliphatic carbocycles. The minimum absolute atomic E-state index is 0.730. The molecular weight excluding hydrogens is 224 g/mol. The van der Waals surface area contributed by atoms with Gasteiger partial charge in [-0.05, 0) is 32.7 Å². The van der Waals surface area contributed by atoms with Crippen molar-refractivity contribution in [2.24, 2.45) is 0 Å². The Morgan fingerprint density at radius 1 is 1.07 bits per heavy atom. The standard InChI is InChI=1S/C9H21O2Si3/c1-8-13(5,6)11-14(7,9-2)10-12(3)4/h8-9H,1-2H2,3-7H3. The van der Waals surface area contributed by atoms with Crippen molar-refractivity contribution in [1.29, 1.82) is 0 Å². The maximum absolute atomic E-state index is 6.08. The van der Waals surface area contributed by atoms with E-state index in [0.717, 1.165) is 0 Å². The van der Waals surface area contributed by atoms with E-state index in [1.165, 1.54) is 0 Å². The SMILES string of the molecule is C=C[Si](C)(C)O[Si](C)(C=C)O[Si](C)C. The summed E-state index contributed by atoms with van der Waals surface area (Å²) in [7, 11) is -4.63. The highest BCUT2D eigenvalue weighted by molar-refractivity contribution is 6.89. The molecule has 2 nitrogen and oxygen atoms in total. The van der Waals surface area contributed by atoms with Crippen molar-refractivity contribution in [1.82, 2.24) is 0 Å². The van der Waals surface area contributed by atoms with Gasteiger partial charge < -0.3 is 8.23 Å². The molecule has 0 amide bonds. The van der Waals surface area contributed by atoms with Gasteiger partial charge in [0, 0.05) is 0 Å². The lowest BCUT2D eigenvalue weighted by Crippen LogP contribution is -2.48. The largest absolute Gasteiger partial charge is 0.433 e. The molecular formula is C9H21O2Si3. The lowest BCUT2D eigenvalue weighted by molar-refractivity contribution is 0.415. The molecule has 0 saturated carbocycles. The summed E-state index contributed by atoms with van der Waals surface area (Å²) in [5.41, 5.74) is 3.80. The predicted molar refractivity (Wildman–Crippen MR) is 69.1 cm³/mol. The van der Waals surface area contributed by atoms with Gasteiger partial charge in [-0.15, -0.1) is 13.2 Å². The molecule has 0 N–H and O–H groups in total. The summed E-state index contributed by atoms with van der Waals surface area (Å²) < 4.78 is 12.0. The first kappa shape index (κ1) is 14.1. The van der Waals surface area contributed by atoms with E-state index in [9.17, 15) is 0 Å². The van der Waals surface area contributed by atoms with Crippen molar-refractivity contribution in [3.05, 3.63) is 24.6 Å². The monoisotopic (exact) mass is 245 g/mol. The van der Waals surface area contributed by atoms with Crippen molar-refractivity contribution in [3.63, 3.8) is 0 Å². The van der Waals surface area contributed by atoms with Crippen LogP contribution >= 0.6 is 0 Å². The molecule has 0 bridgehead atoms. The van der Waals surface area contributed by atoms with Crippen LogP contribution in [0.1, 0.15) is 0 Å². The van der Waals surface area contributed by atoms with Crippen LogP contribution in [0, 0.1) is 0 Å². The van der Waals surface area contributed by atoms with Crippen LogP contribution in [0.3, 0.4) is 0 Å². The van der Waals surface area contributed by atoms with Crippen LogP contribution in [0.25, 0.3) is 0 Å². The third-order valence-corrected chi connectivity index (χ3v) is 10.4. The van der Waals surface area contributed by atoms with Crippen LogP contribution < -0.4 is 0 Å². The lowest BCUT2D eigenvalue weighted by atomic mass is 11.3. The zero-order valence-electron chi connectivity index (χ0n) is 9.89. The Morgan fingerprint density at radius 3 is 1.86 bits per heavy atom. The molecule has 0 spiro atoms. The fourth-order valence-corrected chi connectivity index (χ4v) is 10.0. The summed E-state index contributed by atoms with van der Waals surface area (Å²) in [6.45, 7) is 18.2. The first-order valence-electron chi connectivity index (χ1n) is 4.71. The van der Waals surface area contributed by atoms with Gasteiger partial charge in [0.15, 0.2) is 17.4 Å². The molecule has 0 fully saturated rings. The van der Waals surface area contributed by atoms with E-state index in [-0.39, 0.29) is 0 Å². The van der Waals surface area contributed by atoms with Gasteiger partial charge in [0.05, 0.1) is 0 Å². The van der Waals surface area contributed by atoms with Crippen molar-refractivity contribution < 1.29 is 8.23 Å². The summed E-state index contributed by atoms with van der Waals surface area (Å²) in [6, 6.07) is 0. The summed E-state index contributed by atoms with van der Waals surface area (Å²) in [6.07, 6.45) is 0. The molecule has 1 radical (unpaired) electrons. The Hall–Kier alpha value is 0.0506. The minimum atomic E-state index is -2.14. The Morgan fingerprint density at radius 2 is 1.57 bits per heavy atom. The van der Waals surface area contributed by atoms with Gasteiger partial charge in [-0.3, -0.25) is 0 Å². The fraction of sp³-hybridized carbons (Fsp3) is 0.556. The van der Waals surface area contributed by atoms with Gasteiger partial charge in [-0.2, -0.15) is 0 Å². The zero-order chi connectivity index (χ0) is 11.4. The highest BCUT2D eigenvalue weighted by atomic mass is 28.5. The summed E-state index contributed by atoms with van der Waals surface area (Å²) in [5.74, 6) is 0. The summed E-state index contributed by atoms with van der Waals surface area (Å²) in [4.78, 5) is 0. The van der Waals surface area contributed by atoms with Gasteiger partial charge in [-0.25, -0.2) is 0 Å². The van der Waals surface area contributed by atoms with Crippen LogP contribution in [0.15, 0.2) is 24.6 Å². The normalized spacial score (nSPS) is 16.4.